The number of hydrogen-bond donors (Lipinski definition) is 2. The third kappa shape index (κ3) is 4.01. The first-order chi connectivity index (χ1) is 12.1. The molecule has 0 saturated carbocycles. The summed E-state index contributed by atoms with van der Waals surface area (Å²) in [5.74, 6) is 0.883. The van der Waals surface area contributed by atoms with E-state index in [0.717, 1.165) is 45.1 Å². The van der Waals surface area contributed by atoms with Gasteiger partial charge in [0.05, 0.1) is 11.5 Å². The molecule has 2 aliphatic heterocycles. The molecule has 0 aromatic heterocycles. The van der Waals surface area contributed by atoms with Crippen molar-refractivity contribution < 1.29 is 9.66 Å². The quantitative estimate of drug-likeness (QED) is 0.277. The summed E-state index contributed by atoms with van der Waals surface area (Å²) < 4.78 is 5.57. The molecule has 2 aliphatic rings. The zero-order chi connectivity index (χ0) is 17.7. The van der Waals surface area contributed by atoms with Crippen LogP contribution in [0.15, 0.2) is 29.3 Å². The van der Waals surface area contributed by atoms with Crippen LogP contribution in [0.3, 0.4) is 0 Å². The molecule has 1 unspecified atom stereocenters. The summed E-state index contributed by atoms with van der Waals surface area (Å²) in [6.45, 7) is 4.88. The topological polar surface area (TPSA) is 92.0 Å². The summed E-state index contributed by atoms with van der Waals surface area (Å²) in [5.41, 5.74) is 0.919. The molecule has 25 heavy (non-hydrogen) atoms. The van der Waals surface area contributed by atoms with Gasteiger partial charge >= 0.3 is 0 Å². The summed E-state index contributed by atoms with van der Waals surface area (Å²) in [6, 6.07) is 6.67. The second-order valence-corrected chi connectivity index (χ2v) is 6.65. The van der Waals surface area contributed by atoms with E-state index in [2.05, 4.69) is 20.5 Å². The average Bonchev–Trinajstić information content (AvgIpc) is 3.25. The number of benzene rings is 1. The molecular weight excluding hydrogens is 322 g/mol. The molecule has 2 saturated heterocycles. The number of likely N-dealkylation sites (tertiary alicyclic amines) is 1. The molecule has 1 spiro atoms. The van der Waals surface area contributed by atoms with Crippen molar-refractivity contribution in [2.24, 2.45) is 10.4 Å². The molecule has 3 rings (SSSR count). The van der Waals surface area contributed by atoms with Crippen molar-refractivity contribution in [3.63, 3.8) is 0 Å². The van der Waals surface area contributed by atoms with Crippen LogP contribution in [0, 0.1) is 15.5 Å². The van der Waals surface area contributed by atoms with Crippen molar-refractivity contribution in [2.45, 2.75) is 12.8 Å². The van der Waals surface area contributed by atoms with Crippen molar-refractivity contribution in [1.82, 2.24) is 10.2 Å². The Hall–Kier alpha value is -2.35. The highest BCUT2D eigenvalue weighted by molar-refractivity contribution is 5.80. The lowest BCUT2D eigenvalue weighted by Crippen LogP contribution is -2.43. The van der Waals surface area contributed by atoms with E-state index in [1.165, 1.54) is 6.07 Å². The van der Waals surface area contributed by atoms with E-state index in [9.17, 15) is 10.1 Å². The molecule has 0 bridgehead atoms. The van der Waals surface area contributed by atoms with Gasteiger partial charge in [-0.15, -0.1) is 0 Å². The maximum atomic E-state index is 11.0. The number of nitrogens with zero attached hydrogens (tertiary/aromatic N) is 3. The molecule has 2 heterocycles. The molecular formula is C17H25N5O3. The Labute approximate surface area is 147 Å². The Morgan fingerprint density at radius 1 is 1.40 bits per heavy atom. The molecule has 1 aromatic carbocycles. The van der Waals surface area contributed by atoms with Crippen LogP contribution >= 0.6 is 0 Å². The number of para-hydroxylation sites is 2. The molecule has 0 amide bonds. The summed E-state index contributed by atoms with van der Waals surface area (Å²) in [4.78, 5) is 17.3. The smallest absolute Gasteiger partial charge is 0.292 e. The van der Waals surface area contributed by atoms with Gasteiger partial charge in [0, 0.05) is 51.3 Å². The van der Waals surface area contributed by atoms with E-state index in [1.54, 1.807) is 25.2 Å². The van der Waals surface area contributed by atoms with Crippen LogP contribution in [0.5, 0.6) is 0 Å². The summed E-state index contributed by atoms with van der Waals surface area (Å²) in [5, 5.41) is 17.5. The Kier molecular flexibility index (Phi) is 5.37. The fourth-order valence-electron chi connectivity index (χ4n) is 3.57. The van der Waals surface area contributed by atoms with Gasteiger partial charge < -0.3 is 20.3 Å². The van der Waals surface area contributed by atoms with Gasteiger partial charge in [-0.05, 0) is 18.9 Å². The predicted octanol–water partition coefficient (Wildman–Crippen LogP) is 1.69. The van der Waals surface area contributed by atoms with E-state index in [1.807, 2.05) is 0 Å². The van der Waals surface area contributed by atoms with Crippen molar-refractivity contribution in [3.05, 3.63) is 34.4 Å². The van der Waals surface area contributed by atoms with Gasteiger partial charge in [-0.25, -0.2) is 0 Å². The van der Waals surface area contributed by atoms with Gasteiger partial charge in [0.25, 0.3) is 5.69 Å². The molecule has 8 heteroatoms. The highest BCUT2D eigenvalue weighted by atomic mass is 16.6. The van der Waals surface area contributed by atoms with Crippen LogP contribution in [-0.4, -0.2) is 62.2 Å². The van der Waals surface area contributed by atoms with Crippen molar-refractivity contribution in [3.8, 4) is 0 Å². The summed E-state index contributed by atoms with van der Waals surface area (Å²) >= 11 is 0. The standard InChI is InChI=1S/C17H25N5O3/c1-18-16(21-10-6-17(12-21)7-11-25-13-17)20-9-8-19-14-4-2-3-5-15(14)22(23)24/h2-5,19H,6-13H2,1H3,(H,18,20). The fraction of sp³-hybridized carbons (Fsp3) is 0.588. The van der Waals surface area contributed by atoms with Crippen LogP contribution in [0.25, 0.3) is 0 Å². The highest BCUT2D eigenvalue weighted by Gasteiger charge is 2.42. The SMILES string of the molecule is CN=C(NCCNc1ccccc1[N+](=O)[O-])N1CCC2(CCOC2)C1. The first-order valence-electron chi connectivity index (χ1n) is 8.64. The van der Waals surface area contributed by atoms with Gasteiger partial charge in [-0.1, -0.05) is 12.1 Å². The monoisotopic (exact) mass is 347 g/mol. The Morgan fingerprint density at radius 3 is 2.96 bits per heavy atom. The number of ether oxygens (including phenoxy) is 1. The van der Waals surface area contributed by atoms with E-state index < -0.39 is 0 Å². The third-order valence-corrected chi connectivity index (χ3v) is 4.96. The maximum Gasteiger partial charge on any atom is 0.292 e. The largest absolute Gasteiger partial charge is 0.381 e. The van der Waals surface area contributed by atoms with Crippen LogP contribution < -0.4 is 10.6 Å². The zero-order valence-electron chi connectivity index (χ0n) is 14.5. The Balaban J connectivity index is 1.47. The minimum Gasteiger partial charge on any atom is -0.381 e. The Morgan fingerprint density at radius 2 is 2.24 bits per heavy atom. The van der Waals surface area contributed by atoms with Gasteiger partial charge in [0.1, 0.15) is 5.69 Å². The molecule has 1 atom stereocenters. The highest BCUT2D eigenvalue weighted by Crippen LogP contribution is 2.38. The first kappa shape index (κ1) is 17.5. The van der Waals surface area contributed by atoms with Crippen LogP contribution in [0.2, 0.25) is 0 Å². The molecule has 1 aromatic rings. The van der Waals surface area contributed by atoms with E-state index in [-0.39, 0.29) is 10.6 Å². The van der Waals surface area contributed by atoms with Crippen LogP contribution in [0.4, 0.5) is 11.4 Å². The minimum absolute atomic E-state index is 0.0922. The van der Waals surface area contributed by atoms with E-state index in [4.69, 9.17) is 4.74 Å². The third-order valence-electron chi connectivity index (χ3n) is 4.96. The number of nitrogens with one attached hydrogen (secondary N) is 2. The molecule has 136 valence electrons. The summed E-state index contributed by atoms with van der Waals surface area (Å²) in [7, 11) is 1.79. The zero-order valence-corrected chi connectivity index (χ0v) is 14.5. The van der Waals surface area contributed by atoms with Gasteiger partial charge in [0.15, 0.2) is 5.96 Å². The molecule has 2 fully saturated rings. The molecule has 2 N–H and O–H groups in total. The number of nitro groups is 1. The number of anilines is 1. The lowest BCUT2D eigenvalue weighted by molar-refractivity contribution is -0.384. The molecule has 0 aliphatic carbocycles. The second-order valence-electron chi connectivity index (χ2n) is 6.65. The molecule has 8 nitrogen and oxygen atoms in total. The average molecular weight is 347 g/mol. The maximum absolute atomic E-state index is 11.0. The minimum atomic E-state index is -0.373. The van der Waals surface area contributed by atoms with Gasteiger partial charge in [-0.2, -0.15) is 0 Å². The Bertz CT molecular complexity index is 643. The first-order valence-corrected chi connectivity index (χ1v) is 8.64. The second kappa shape index (κ2) is 7.69. The van der Waals surface area contributed by atoms with Gasteiger partial charge in [0.2, 0.25) is 0 Å². The lowest BCUT2D eigenvalue weighted by atomic mass is 9.87. The fourth-order valence-corrected chi connectivity index (χ4v) is 3.57. The predicted molar refractivity (Wildman–Crippen MR) is 97.0 cm³/mol. The van der Waals surface area contributed by atoms with Crippen molar-refractivity contribution in [1.29, 1.82) is 0 Å². The van der Waals surface area contributed by atoms with E-state index in [0.29, 0.717) is 24.2 Å². The normalized spacial score (nSPS) is 23.2. The van der Waals surface area contributed by atoms with Crippen LogP contribution in [-0.2, 0) is 4.74 Å². The number of rotatable bonds is 5. The lowest BCUT2D eigenvalue weighted by Gasteiger charge is -2.25. The van der Waals surface area contributed by atoms with Crippen LogP contribution in [0.1, 0.15) is 12.8 Å². The van der Waals surface area contributed by atoms with Crippen molar-refractivity contribution in [2.75, 3.05) is 51.8 Å². The number of guanidine groups is 1. The number of aliphatic imine (C=N–C) groups is 1. The van der Waals surface area contributed by atoms with Crippen molar-refractivity contribution >= 4 is 17.3 Å². The number of hydrogen-bond acceptors (Lipinski definition) is 5. The molecule has 0 radical (unpaired) electrons. The van der Waals surface area contributed by atoms with E-state index >= 15 is 0 Å². The summed E-state index contributed by atoms with van der Waals surface area (Å²) in [6.07, 6.45) is 2.27. The number of nitro benzene ring substituents is 1. The van der Waals surface area contributed by atoms with Gasteiger partial charge in [-0.3, -0.25) is 15.1 Å².